The number of nitrogens with zero attached hydrogens (tertiary/aromatic N) is 1. The highest BCUT2D eigenvalue weighted by Crippen LogP contribution is 2.46. The highest BCUT2D eigenvalue weighted by atomic mass is 16.4. The quantitative estimate of drug-likeness (QED) is 0.561. The fourth-order valence-corrected chi connectivity index (χ4v) is 5.26. The molecule has 3 aromatic rings. The van der Waals surface area contributed by atoms with Gasteiger partial charge in [-0.1, -0.05) is 36.8 Å². The molecule has 1 saturated heterocycles. The normalized spacial score (nSPS) is 16.8. The van der Waals surface area contributed by atoms with Crippen molar-refractivity contribution in [3.05, 3.63) is 69.1 Å². The zero-order valence-corrected chi connectivity index (χ0v) is 17.8. The second kappa shape index (κ2) is 7.50. The minimum atomic E-state index is -0.259. The van der Waals surface area contributed by atoms with Gasteiger partial charge in [0.2, 0.25) is 0 Å². The third kappa shape index (κ3) is 3.28. The molecule has 1 atom stereocenters. The van der Waals surface area contributed by atoms with E-state index in [1.165, 1.54) is 11.1 Å². The van der Waals surface area contributed by atoms with Crippen LogP contribution < -0.4 is 10.5 Å². The summed E-state index contributed by atoms with van der Waals surface area (Å²) in [7, 11) is 0. The first-order chi connectivity index (χ1) is 14.5. The molecule has 0 amide bonds. The molecule has 1 N–H and O–H groups in total. The first kappa shape index (κ1) is 19.2. The van der Waals surface area contributed by atoms with Gasteiger partial charge in [-0.25, -0.2) is 4.79 Å². The summed E-state index contributed by atoms with van der Waals surface area (Å²) < 4.78 is 5.71. The lowest BCUT2D eigenvalue weighted by molar-refractivity contribution is 0.448. The Bertz CT molecular complexity index is 1140. The maximum Gasteiger partial charge on any atom is 0.360 e. The molecule has 4 heterocycles. The third-order valence-electron chi connectivity index (χ3n) is 7.04. The fourth-order valence-electron chi connectivity index (χ4n) is 5.26. The maximum absolute atomic E-state index is 12.7. The number of rotatable bonds is 5. The number of fused-ring (bicyclic) bond motifs is 3. The molecule has 3 aliphatic heterocycles. The highest BCUT2D eigenvalue weighted by molar-refractivity contribution is 5.92. The van der Waals surface area contributed by atoms with E-state index in [9.17, 15) is 9.90 Å². The van der Waals surface area contributed by atoms with Crippen molar-refractivity contribution in [1.82, 2.24) is 0 Å². The zero-order valence-electron chi connectivity index (χ0n) is 17.8. The summed E-state index contributed by atoms with van der Waals surface area (Å²) in [5, 5.41) is 11.7. The number of hydrogen-bond donors (Lipinski definition) is 1. The molecule has 156 valence electrons. The van der Waals surface area contributed by atoms with Crippen LogP contribution in [-0.4, -0.2) is 18.2 Å². The molecule has 0 saturated carbocycles. The molecule has 1 unspecified atom stereocenters. The van der Waals surface area contributed by atoms with E-state index < -0.39 is 0 Å². The van der Waals surface area contributed by atoms with Crippen LogP contribution in [0.1, 0.15) is 66.7 Å². The SMILES string of the molecule is Cc1ccc(CCCC(C)c2cc(O)c3c4c(c(=O)oc3c2)N2CCC4CC2)cc1. The van der Waals surface area contributed by atoms with Crippen molar-refractivity contribution in [3.8, 4) is 5.75 Å². The number of benzene rings is 2. The van der Waals surface area contributed by atoms with Crippen LogP contribution in [0.2, 0.25) is 0 Å². The van der Waals surface area contributed by atoms with Gasteiger partial charge in [0, 0.05) is 18.7 Å². The summed E-state index contributed by atoms with van der Waals surface area (Å²) in [5.41, 5.74) is 5.64. The Labute approximate surface area is 177 Å². The molecule has 2 aromatic carbocycles. The minimum Gasteiger partial charge on any atom is -0.507 e. The van der Waals surface area contributed by atoms with Crippen LogP contribution in [0.3, 0.4) is 0 Å². The first-order valence-electron chi connectivity index (χ1n) is 11.2. The molecule has 6 rings (SSSR count). The van der Waals surface area contributed by atoms with Gasteiger partial charge in [0.1, 0.15) is 17.0 Å². The molecule has 30 heavy (non-hydrogen) atoms. The molecule has 0 radical (unpaired) electrons. The van der Waals surface area contributed by atoms with Crippen molar-refractivity contribution in [2.45, 2.75) is 57.8 Å². The number of piperidine rings is 1. The highest BCUT2D eigenvalue weighted by Gasteiger charge is 2.36. The van der Waals surface area contributed by atoms with Crippen LogP contribution in [-0.2, 0) is 6.42 Å². The maximum atomic E-state index is 12.7. The van der Waals surface area contributed by atoms with Gasteiger partial charge >= 0.3 is 5.63 Å². The van der Waals surface area contributed by atoms with E-state index in [0.29, 0.717) is 17.2 Å². The molecular formula is C26H29NO3. The topological polar surface area (TPSA) is 53.7 Å². The Morgan fingerprint density at radius 2 is 1.90 bits per heavy atom. The number of anilines is 1. The van der Waals surface area contributed by atoms with Gasteiger partial charge in [0.25, 0.3) is 0 Å². The van der Waals surface area contributed by atoms with Gasteiger partial charge in [-0.15, -0.1) is 0 Å². The van der Waals surface area contributed by atoms with Crippen molar-refractivity contribution in [1.29, 1.82) is 0 Å². The lowest BCUT2D eigenvalue weighted by Crippen LogP contribution is -2.42. The number of aryl methyl sites for hydroxylation is 2. The van der Waals surface area contributed by atoms with Crippen molar-refractivity contribution in [3.63, 3.8) is 0 Å². The van der Waals surface area contributed by atoms with Crippen LogP contribution in [0.15, 0.2) is 45.6 Å². The second-order valence-corrected chi connectivity index (χ2v) is 9.11. The second-order valence-electron chi connectivity index (χ2n) is 9.11. The van der Waals surface area contributed by atoms with Crippen LogP contribution in [0.5, 0.6) is 5.75 Å². The average Bonchev–Trinajstić information content (AvgIpc) is 2.75. The number of phenolic OH excluding ortho intramolecular Hbond substituents is 1. The Hall–Kier alpha value is -2.75. The number of hydrogen-bond acceptors (Lipinski definition) is 4. The molecule has 0 aliphatic carbocycles. The van der Waals surface area contributed by atoms with Crippen molar-refractivity contribution >= 4 is 16.7 Å². The molecule has 4 nitrogen and oxygen atoms in total. The Kier molecular flexibility index (Phi) is 4.80. The lowest BCUT2D eigenvalue weighted by Gasteiger charge is -2.41. The van der Waals surface area contributed by atoms with Gasteiger partial charge in [0.15, 0.2) is 0 Å². The summed E-state index contributed by atoms with van der Waals surface area (Å²) in [5.74, 6) is 0.884. The van der Waals surface area contributed by atoms with E-state index in [0.717, 1.165) is 61.7 Å². The van der Waals surface area contributed by atoms with Gasteiger partial charge in [-0.2, -0.15) is 0 Å². The van der Waals surface area contributed by atoms with Crippen molar-refractivity contribution in [2.24, 2.45) is 0 Å². The molecule has 2 bridgehead atoms. The summed E-state index contributed by atoms with van der Waals surface area (Å²) in [6.45, 7) is 6.10. The Morgan fingerprint density at radius 1 is 1.17 bits per heavy atom. The minimum absolute atomic E-state index is 0.252. The lowest BCUT2D eigenvalue weighted by atomic mass is 9.81. The predicted octanol–water partition coefficient (Wildman–Crippen LogP) is 5.63. The van der Waals surface area contributed by atoms with Crippen molar-refractivity contribution < 1.29 is 9.52 Å². The predicted molar refractivity (Wildman–Crippen MR) is 121 cm³/mol. The summed E-state index contributed by atoms with van der Waals surface area (Å²) in [6.07, 6.45) is 5.23. The van der Waals surface area contributed by atoms with E-state index in [-0.39, 0.29) is 17.3 Å². The zero-order chi connectivity index (χ0) is 20.8. The Morgan fingerprint density at radius 3 is 2.63 bits per heavy atom. The Balaban J connectivity index is 1.41. The summed E-state index contributed by atoms with van der Waals surface area (Å²) in [4.78, 5) is 14.8. The van der Waals surface area contributed by atoms with E-state index >= 15 is 0 Å². The molecule has 4 heteroatoms. The summed E-state index contributed by atoms with van der Waals surface area (Å²) >= 11 is 0. The standard InChI is InChI=1S/C26H29NO3/c1-16-6-8-18(9-7-16)5-3-4-17(2)20-14-21(28)24-22(15-20)30-26(29)25-23(24)19-10-12-27(25)13-11-19/h6-9,14-15,17,19,28H,3-5,10-13H2,1-2H3. The molecule has 3 aliphatic rings. The van der Waals surface area contributed by atoms with Gasteiger partial charge in [-0.05, 0) is 74.1 Å². The van der Waals surface area contributed by atoms with Crippen LogP contribution in [0.4, 0.5) is 5.69 Å². The monoisotopic (exact) mass is 403 g/mol. The van der Waals surface area contributed by atoms with E-state index in [1.807, 2.05) is 12.1 Å². The molecule has 0 spiro atoms. The number of aromatic hydroxyl groups is 1. The average molecular weight is 404 g/mol. The largest absolute Gasteiger partial charge is 0.507 e. The third-order valence-corrected chi connectivity index (χ3v) is 7.04. The van der Waals surface area contributed by atoms with Crippen LogP contribution in [0, 0.1) is 6.92 Å². The van der Waals surface area contributed by atoms with Crippen LogP contribution >= 0.6 is 0 Å². The molecule has 1 fully saturated rings. The van der Waals surface area contributed by atoms with Gasteiger partial charge in [-0.3, -0.25) is 0 Å². The van der Waals surface area contributed by atoms with Crippen molar-refractivity contribution in [2.75, 3.05) is 18.0 Å². The van der Waals surface area contributed by atoms with Gasteiger partial charge < -0.3 is 14.4 Å². The van der Waals surface area contributed by atoms with E-state index in [4.69, 9.17) is 4.42 Å². The van der Waals surface area contributed by atoms with E-state index in [2.05, 4.69) is 43.0 Å². The fraction of sp³-hybridized carbons (Fsp3) is 0.423. The smallest absolute Gasteiger partial charge is 0.360 e. The van der Waals surface area contributed by atoms with Crippen LogP contribution in [0.25, 0.3) is 11.0 Å². The van der Waals surface area contributed by atoms with E-state index in [1.54, 1.807) is 0 Å². The van der Waals surface area contributed by atoms with Gasteiger partial charge in [0.05, 0.1) is 5.39 Å². The summed E-state index contributed by atoms with van der Waals surface area (Å²) in [6, 6.07) is 12.6. The molecular weight excluding hydrogens is 374 g/mol. The first-order valence-corrected chi connectivity index (χ1v) is 11.2. The number of phenols is 1. The molecule has 1 aromatic heterocycles.